The Balaban J connectivity index is 1.38. The molecule has 3 aromatic heterocycles. The molecule has 7 aromatic carbocycles. The van der Waals surface area contributed by atoms with Crippen LogP contribution in [-0.2, 0) is 5.41 Å². The Labute approximate surface area is 317 Å². The molecule has 11 rings (SSSR count). The van der Waals surface area contributed by atoms with Gasteiger partial charge in [0.05, 0.1) is 33.7 Å². The summed E-state index contributed by atoms with van der Waals surface area (Å²) in [6, 6.07) is 56.8. The fraction of sp³-hybridized carbons (Fsp3) is 0.0612. The molecule has 0 radical (unpaired) electrons. The highest BCUT2D eigenvalue weighted by molar-refractivity contribution is 6.31. The van der Waals surface area contributed by atoms with Crippen LogP contribution in [0.1, 0.15) is 30.5 Å². The molecule has 0 fully saturated rings. The van der Waals surface area contributed by atoms with E-state index in [1.54, 1.807) is 0 Å². The summed E-state index contributed by atoms with van der Waals surface area (Å²) in [4.78, 5) is 15.6. The molecular weight excluding hydrogens is 673 g/mol. The van der Waals surface area contributed by atoms with Crippen LogP contribution in [0.3, 0.4) is 0 Å². The molecular formula is C49H32N6. The SMILES string of the molecule is CC1(C)c2ccccc2-c2c1c1c3ccccc3n(-c3ccccc3)c1c1c3ccccc3n(-c3nc(-c4ccccc4)nc(-c4ccc(C#N)cc4)n3)c21. The van der Waals surface area contributed by atoms with Crippen LogP contribution >= 0.6 is 0 Å². The quantitative estimate of drug-likeness (QED) is 0.183. The summed E-state index contributed by atoms with van der Waals surface area (Å²) >= 11 is 0. The zero-order valence-corrected chi connectivity index (χ0v) is 30.2. The topological polar surface area (TPSA) is 72.3 Å². The van der Waals surface area contributed by atoms with Crippen molar-refractivity contribution in [2.24, 2.45) is 0 Å². The van der Waals surface area contributed by atoms with Gasteiger partial charge in [-0.1, -0.05) is 123 Å². The van der Waals surface area contributed by atoms with Crippen molar-refractivity contribution >= 4 is 43.6 Å². The van der Waals surface area contributed by atoms with Crippen molar-refractivity contribution in [3.63, 3.8) is 0 Å². The summed E-state index contributed by atoms with van der Waals surface area (Å²) < 4.78 is 4.73. The Hall–Kier alpha value is -7.36. The lowest BCUT2D eigenvalue weighted by molar-refractivity contribution is 0.667. The Kier molecular flexibility index (Phi) is 6.56. The molecule has 258 valence electrons. The van der Waals surface area contributed by atoms with E-state index in [0.29, 0.717) is 23.2 Å². The standard InChI is InChI=1S/C49H32N6/c1-49(2)37-22-12-9-19-34(37)40-43(49)41-35-20-10-13-23-38(35)54(33-17-7-4-8-18-33)44(41)42-36-21-11-14-24-39(36)55(45(40)42)48-52-46(31-15-5-3-6-16-31)51-47(53-48)32-27-25-30(29-50)26-28-32/h3-28H,1-2H3. The second-order valence-corrected chi connectivity index (χ2v) is 14.7. The van der Waals surface area contributed by atoms with Crippen molar-refractivity contribution in [2.75, 3.05) is 0 Å². The van der Waals surface area contributed by atoms with Crippen LogP contribution in [0, 0.1) is 11.3 Å². The van der Waals surface area contributed by atoms with Gasteiger partial charge in [0.15, 0.2) is 11.6 Å². The first-order chi connectivity index (χ1) is 27.0. The van der Waals surface area contributed by atoms with Gasteiger partial charge < -0.3 is 4.57 Å². The highest BCUT2D eigenvalue weighted by Gasteiger charge is 2.41. The van der Waals surface area contributed by atoms with E-state index in [0.717, 1.165) is 44.1 Å². The molecule has 10 aromatic rings. The van der Waals surface area contributed by atoms with E-state index in [1.165, 1.54) is 38.5 Å². The number of rotatable bonds is 4. The molecule has 0 saturated heterocycles. The maximum Gasteiger partial charge on any atom is 0.238 e. The molecule has 0 unspecified atom stereocenters. The molecule has 0 saturated carbocycles. The average molecular weight is 705 g/mol. The molecule has 0 N–H and O–H groups in total. The van der Waals surface area contributed by atoms with E-state index < -0.39 is 0 Å². The molecule has 0 amide bonds. The average Bonchev–Trinajstić information content (AvgIpc) is 3.85. The first-order valence-corrected chi connectivity index (χ1v) is 18.5. The first-order valence-electron chi connectivity index (χ1n) is 18.5. The van der Waals surface area contributed by atoms with Crippen LogP contribution < -0.4 is 0 Å². The summed E-state index contributed by atoms with van der Waals surface area (Å²) in [5.74, 6) is 1.65. The zero-order chi connectivity index (χ0) is 36.8. The maximum absolute atomic E-state index is 9.56. The lowest BCUT2D eigenvalue weighted by atomic mass is 9.80. The van der Waals surface area contributed by atoms with Gasteiger partial charge >= 0.3 is 0 Å². The van der Waals surface area contributed by atoms with Crippen LogP contribution in [0.15, 0.2) is 158 Å². The van der Waals surface area contributed by atoms with Crippen molar-refractivity contribution in [1.82, 2.24) is 24.1 Å². The minimum absolute atomic E-state index is 0.312. The fourth-order valence-electron chi connectivity index (χ4n) is 9.01. The second kappa shape index (κ2) is 11.6. The predicted molar refractivity (Wildman–Crippen MR) is 222 cm³/mol. The van der Waals surface area contributed by atoms with E-state index in [9.17, 15) is 5.26 Å². The largest absolute Gasteiger partial charge is 0.309 e. The molecule has 1 aliphatic carbocycles. The van der Waals surface area contributed by atoms with Gasteiger partial charge in [-0.2, -0.15) is 15.2 Å². The number of nitriles is 1. The lowest BCUT2D eigenvalue weighted by Gasteiger charge is -2.23. The number of fused-ring (bicyclic) bond motifs is 12. The van der Waals surface area contributed by atoms with Crippen LogP contribution in [0.4, 0.5) is 0 Å². The van der Waals surface area contributed by atoms with Crippen molar-refractivity contribution < 1.29 is 0 Å². The number of para-hydroxylation sites is 3. The molecule has 6 nitrogen and oxygen atoms in total. The minimum atomic E-state index is -0.312. The third-order valence-corrected chi connectivity index (χ3v) is 11.4. The van der Waals surface area contributed by atoms with Gasteiger partial charge in [0.2, 0.25) is 5.95 Å². The Morgan fingerprint density at radius 3 is 1.78 bits per heavy atom. The summed E-state index contributed by atoms with van der Waals surface area (Å²) in [7, 11) is 0. The van der Waals surface area contributed by atoms with Gasteiger partial charge in [0.25, 0.3) is 0 Å². The van der Waals surface area contributed by atoms with Gasteiger partial charge in [-0.05, 0) is 65.2 Å². The third-order valence-electron chi connectivity index (χ3n) is 11.4. The Morgan fingerprint density at radius 1 is 0.527 bits per heavy atom. The summed E-state index contributed by atoms with van der Waals surface area (Å²) in [5.41, 5.74) is 12.5. The van der Waals surface area contributed by atoms with E-state index in [4.69, 9.17) is 15.0 Å². The van der Waals surface area contributed by atoms with Gasteiger partial charge in [-0.3, -0.25) is 4.57 Å². The smallest absolute Gasteiger partial charge is 0.238 e. The van der Waals surface area contributed by atoms with Gasteiger partial charge in [0.1, 0.15) is 0 Å². The van der Waals surface area contributed by atoms with E-state index in [2.05, 4.69) is 132 Å². The van der Waals surface area contributed by atoms with E-state index >= 15 is 0 Å². The molecule has 0 aliphatic heterocycles. The highest BCUT2D eigenvalue weighted by Crippen LogP contribution is 2.58. The number of nitrogens with zero attached hydrogens (tertiary/aromatic N) is 6. The minimum Gasteiger partial charge on any atom is -0.309 e. The van der Waals surface area contributed by atoms with E-state index in [-0.39, 0.29) is 5.41 Å². The molecule has 55 heavy (non-hydrogen) atoms. The monoisotopic (exact) mass is 704 g/mol. The predicted octanol–water partition coefficient (Wildman–Crippen LogP) is 11.6. The van der Waals surface area contributed by atoms with Crippen LogP contribution in [0.5, 0.6) is 0 Å². The Bertz CT molecular complexity index is 3220. The van der Waals surface area contributed by atoms with Crippen molar-refractivity contribution in [3.8, 4) is 51.6 Å². The van der Waals surface area contributed by atoms with Gasteiger partial charge in [-0.25, -0.2) is 4.98 Å². The molecule has 0 atom stereocenters. The molecule has 3 heterocycles. The number of aromatic nitrogens is 5. The van der Waals surface area contributed by atoms with Gasteiger partial charge in [-0.15, -0.1) is 0 Å². The number of hydrogen-bond donors (Lipinski definition) is 0. The second-order valence-electron chi connectivity index (χ2n) is 14.7. The number of benzene rings is 7. The third kappa shape index (κ3) is 4.38. The van der Waals surface area contributed by atoms with Crippen molar-refractivity contribution in [1.29, 1.82) is 5.26 Å². The van der Waals surface area contributed by atoms with Crippen LogP contribution in [-0.4, -0.2) is 24.1 Å². The van der Waals surface area contributed by atoms with Gasteiger partial charge in [0, 0.05) is 49.3 Å². The zero-order valence-electron chi connectivity index (χ0n) is 30.2. The summed E-state index contributed by atoms with van der Waals surface area (Å²) in [6.45, 7) is 4.73. The van der Waals surface area contributed by atoms with Crippen molar-refractivity contribution in [2.45, 2.75) is 19.3 Å². The normalized spacial score (nSPS) is 13.0. The van der Waals surface area contributed by atoms with Crippen LogP contribution in [0.25, 0.3) is 89.2 Å². The maximum atomic E-state index is 9.56. The number of hydrogen-bond acceptors (Lipinski definition) is 4. The Morgan fingerprint density at radius 2 is 1.09 bits per heavy atom. The summed E-state index contributed by atoms with van der Waals surface area (Å²) in [5, 5.41) is 14.3. The van der Waals surface area contributed by atoms with Crippen LogP contribution in [0.2, 0.25) is 0 Å². The first kappa shape index (κ1) is 31.2. The molecule has 6 heteroatoms. The molecule has 0 bridgehead atoms. The lowest BCUT2D eigenvalue weighted by Crippen LogP contribution is -2.15. The molecule has 1 aliphatic rings. The fourth-order valence-corrected chi connectivity index (χ4v) is 9.01. The highest BCUT2D eigenvalue weighted by atomic mass is 15.2. The van der Waals surface area contributed by atoms with E-state index in [1.807, 2.05) is 54.6 Å². The molecule has 0 spiro atoms. The van der Waals surface area contributed by atoms with Crippen molar-refractivity contribution in [3.05, 3.63) is 174 Å². The summed E-state index contributed by atoms with van der Waals surface area (Å²) in [6.07, 6.45) is 0.